The van der Waals surface area contributed by atoms with Gasteiger partial charge in [0, 0.05) is 6.54 Å². The van der Waals surface area contributed by atoms with Gasteiger partial charge in [0.15, 0.2) is 11.5 Å². The summed E-state index contributed by atoms with van der Waals surface area (Å²) in [6.07, 6.45) is 0. The van der Waals surface area contributed by atoms with E-state index in [1.807, 2.05) is 37.3 Å². The van der Waals surface area contributed by atoms with Gasteiger partial charge < -0.3 is 10.6 Å². The van der Waals surface area contributed by atoms with Gasteiger partial charge in [0.2, 0.25) is 0 Å². The minimum Gasteiger partial charge on any atom is -0.347 e. The maximum absolute atomic E-state index is 12.2. The number of hydrogen-bond donors (Lipinski definition) is 2. The van der Waals surface area contributed by atoms with E-state index in [9.17, 15) is 4.79 Å². The summed E-state index contributed by atoms with van der Waals surface area (Å²) in [7, 11) is 0. The summed E-state index contributed by atoms with van der Waals surface area (Å²) in [6.45, 7) is 2.44. The first kappa shape index (κ1) is 17.1. The van der Waals surface area contributed by atoms with E-state index in [-0.39, 0.29) is 11.6 Å². The number of aryl methyl sites for hydroxylation is 1. The second kappa shape index (κ2) is 7.90. The van der Waals surface area contributed by atoms with Gasteiger partial charge in [0.25, 0.3) is 5.91 Å². The van der Waals surface area contributed by atoms with Crippen molar-refractivity contribution in [1.82, 2.24) is 15.5 Å². The second-order valence-corrected chi connectivity index (χ2v) is 5.76. The Balaban J connectivity index is 1.63. The molecule has 3 rings (SSSR count). The van der Waals surface area contributed by atoms with Crippen molar-refractivity contribution in [3.63, 3.8) is 0 Å². The topological polar surface area (TPSA) is 90.7 Å². The van der Waals surface area contributed by atoms with Crippen LogP contribution in [0.3, 0.4) is 0 Å². The lowest BCUT2D eigenvalue weighted by Crippen LogP contribution is -2.24. The zero-order valence-corrected chi connectivity index (χ0v) is 14.2. The standard InChI is InChI=1S/C20H17N5O/c1-14-5-4-6-15(11-14)13-22-20(26)18-9-10-19(25-24-18)23-17-8-3-2-7-16(17)12-21/h2-11H,13H2,1H3,(H,22,26)(H,23,25). The fraction of sp³-hybridized carbons (Fsp3) is 0.100. The Hall–Kier alpha value is -3.72. The number of aromatic nitrogens is 2. The molecule has 6 heteroatoms. The van der Waals surface area contributed by atoms with E-state index in [0.29, 0.717) is 23.6 Å². The zero-order chi connectivity index (χ0) is 18.4. The molecule has 26 heavy (non-hydrogen) atoms. The first-order valence-electron chi connectivity index (χ1n) is 8.09. The molecular formula is C20H17N5O. The Bertz CT molecular complexity index is 960. The highest BCUT2D eigenvalue weighted by Crippen LogP contribution is 2.18. The van der Waals surface area contributed by atoms with Crippen LogP contribution in [0.25, 0.3) is 0 Å². The maximum Gasteiger partial charge on any atom is 0.272 e. The molecule has 2 N–H and O–H groups in total. The third-order valence-corrected chi connectivity index (χ3v) is 3.74. The largest absolute Gasteiger partial charge is 0.347 e. The van der Waals surface area contributed by atoms with Crippen molar-refractivity contribution >= 4 is 17.4 Å². The minimum absolute atomic E-state index is 0.233. The third-order valence-electron chi connectivity index (χ3n) is 3.74. The second-order valence-electron chi connectivity index (χ2n) is 5.76. The number of rotatable bonds is 5. The number of para-hydroxylation sites is 1. The maximum atomic E-state index is 12.2. The van der Waals surface area contributed by atoms with Gasteiger partial charge in [0.1, 0.15) is 6.07 Å². The summed E-state index contributed by atoms with van der Waals surface area (Å²) in [5.74, 6) is 0.172. The quantitative estimate of drug-likeness (QED) is 0.741. The third kappa shape index (κ3) is 4.22. The summed E-state index contributed by atoms with van der Waals surface area (Å²) < 4.78 is 0. The Morgan fingerprint density at radius 1 is 1.08 bits per heavy atom. The molecule has 0 bridgehead atoms. The van der Waals surface area contributed by atoms with Gasteiger partial charge in [-0.3, -0.25) is 4.79 Å². The average Bonchev–Trinajstić information content (AvgIpc) is 2.67. The summed E-state index contributed by atoms with van der Waals surface area (Å²) in [5.41, 5.74) is 3.55. The predicted molar refractivity (Wildman–Crippen MR) is 98.8 cm³/mol. The zero-order valence-electron chi connectivity index (χ0n) is 14.2. The van der Waals surface area contributed by atoms with E-state index in [2.05, 4.69) is 26.9 Å². The molecule has 1 amide bonds. The fourth-order valence-electron chi connectivity index (χ4n) is 2.44. The molecule has 128 valence electrons. The molecule has 0 atom stereocenters. The lowest BCUT2D eigenvalue weighted by atomic mass is 10.1. The minimum atomic E-state index is -0.289. The summed E-state index contributed by atoms with van der Waals surface area (Å²) >= 11 is 0. The van der Waals surface area contributed by atoms with E-state index in [1.54, 1.807) is 30.3 Å². The number of amides is 1. The van der Waals surface area contributed by atoms with Crippen LogP contribution in [0, 0.1) is 18.3 Å². The molecule has 1 aromatic heterocycles. The van der Waals surface area contributed by atoms with E-state index in [0.717, 1.165) is 11.1 Å². The van der Waals surface area contributed by atoms with Crippen LogP contribution in [0.1, 0.15) is 27.2 Å². The molecule has 1 heterocycles. The van der Waals surface area contributed by atoms with Crippen LogP contribution in [-0.2, 0) is 6.54 Å². The highest BCUT2D eigenvalue weighted by molar-refractivity contribution is 5.92. The molecule has 0 radical (unpaired) electrons. The van der Waals surface area contributed by atoms with Crippen LogP contribution in [0.15, 0.2) is 60.7 Å². The molecule has 0 aliphatic heterocycles. The van der Waals surface area contributed by atoms with E-state index in [1.165, 1.54) is 0 Å². The van der Waals surface area contributed by atoms with Gasteiger partial charge in [-0.15, -0.1) is 10.2 Å². The van der Waals surface area contributed by atoms with Crippen molar-refractivity contribution in [1.29, 1.82) is 5.26 Å². The van der Waals surface area contributed by atoms with Gasteiger partial charge in [-0.25, -0.2) is 0 Å². The van der Waals surface area contributed by atoms with Gasteiger partial charge >= 0.3 is 0 Å². The smallest absolute Gasteiger partial charge is 0.272 e. The van der Waals surface area contributed by atoms with E-state index < -0.39 is 0 Å². The Morgan fingerprint density at radius 2 is 1.92 bits per heavy atom. The molecular weight excluding hydrogens is 326 g/mol. The number of benzene rings is 2. The Labute approximate surface area is 151 Å². The molecule has 0 aliphatic carbocycles. The van der Waals surface area contributed by atoms with Crippen LogP contribution >= 0.6 is 0 Å². The molecule has 2 aromatic carbocycles. The number of anilines is 2. The number of nitrogens with zero attached hydrogens (tertiary/aromatic N) is 3. The van der Waals surface area contributed by atoms with E-state index in [4.69, 9.17) is 5.26 Å². The van der Waals surface area contributed by atoms with Crippen molar-refractivity contribution in [2.75, 3.05) is 5.32 Å². The first-order chi connectivity index (χ1) is 12.7. The van der Waals surface area contributed by atoms with Crippen molar-refractivity contribution in [3.8, 4) is 6.07 Å². The molecule has 0 saturated heterocycles. The average molecular weight is 343 g/mol. The number of hydrogen-bond acceptors (Lipinski definition) is 5. The van der Waals surface area contributed by atoms with Gasteiger partial charge in [-0.1, -0.05) is 42.0 Å². The number of carbonyl (C=O) groups is 1. The van der Waals surface area contributed by atoms with Crippen molar-refractivity contribution in [2.45, 2.75) is 13.5 Å². The summed E-state index contributed by atoms with van der Waals surface area (Å²) in [5, 5.41) is 22.9. The molecule has 0 saturated carbocycles. The highest BCUT2D eigenvalue weighted by Gasteiger charge is 2.09. The van der Waals surface area contributed by atoms with Crippen LogP contribution in [0.2, 0.25) is 0 Å². The van der Waals surface area contributed by atoms with Gasteiger partial charge in [-0.2, -0.15) is 5.26 Å². The molecule has 0 spiro atoms. The number of carbonyl (C=O) groups excluding carboxylic acids is 1. The highest BCUT2D eigenvalue weighted by atomic mass is 16.1. The molecule has 0 fully saturated rings. The van der Waals surface area contributed by atoms with Crippen LogP contribution < -0.4 is 10.6 Å². The monoisotopic (exact) mass is 343 g/mol. The normalized spacial score (nSPS) is 10.0. The van der Waals surface area contributed by atoms with Crippen LogP contribution in [0.5, 0.6) is 0 Å². The SMILES string of the molecule is Cc1cccc(CNC(=O)c2ccc(Nc3ccccc3C#N)nn2)c1. The molecule has 3 aromatic rings. The first-order valence-corrected chi connectivity index (χ1v) is 8.09. The molecule has 6 nitrogen and oxygen atoms in total. The van der Waals surface area contributed by atoms with E-state index >= 15 is 0 Å². The lowest BCUT2D eigenvalue weighted by molar-refractivity contribution is 0.0945. The fourth-order valence-corrected chi connectivity index (χ4v) is 2.44. The van der Waals surface area contributed by atoms with Crippen molar-refractivity contribution < 1.29 is 4.79 Å². The summed E-state index contributed by atoms with van der Waals surface area (Å²) in [6, 6.07) is 20.4. The van der Waals surface area contributed by atoms with Crippen molar-refractivity contribution in [3.05, 3.63) is 83.0 Å². The van der Waals surface area contributed by atoms with Crippen molar-refractivity contribution in [2.24, 2.45) is 0 Å². The Kier molecular flexibility index (Phi) is 5.20. The van der Waals surface area contributed by atoms with Crippen LogP contribution in [0.4, 0.5) is 11.5 Å². The van der Waals surface area contributed by atoms with Gasteiger partial charge in [-0.05, 0) is 36.8 Å². The van der Waals surface area contributed by atoms with Crippen LogP contribution in [-0.4, -0.2) is 16.1 Å². The molecule has 0 unspecified atom stereocenters. The summed E-state index contributed by atoms with van der Waals surface area (Å²) in [4.78, 5) is 12.2. The Morgan fingerprint density at radius 3 is 2.65 bits per heavy atom. The predicted octanol–water partition coefficient (Wildman–Crippen LogP) is 3.33. The number of nitriles is 1. The molecule has 0 aliphatic rings. The lowest BCUT2D eigenvalue weighted by Gasteiger charge is -2.08. The number of nitrogens with one attached hydrogen (secondary N) is 2. The van der Waals surface area contributed by atoms with Gasteiger partial charge in [0.05, 0.1) is 11.3 Å².